The van der Waals surface area contributed by atoms with Gasteiger partial charge in [0.2, 0.25) is 5.91 Å². The maximum atomic E-state index is 13.3. The fourth-order valence-corrected chi connectivity index (χ4v) is 4.87. The Balaban J connectivity index is 1.69. The van der Waals surface area contributed by atoms with Gasteiger partial charge in [0.1, 0.15) is 27.2 Å². The molecule has 1 unspecified atom stereocenters. The first kappa shape index (κ1) is 19.4. The third-order valence-corrected chi connectivity index (χ3v) is 6.50. The highest BCUT2D eigenvalue weighted by molar-refractivity contribution is 8.00. The molecule has 1 N–H and O–H groups in total. The van der Waals surface area contributed by atoms with Gasteiger partial charge in [-0.2, -0.15) is 0 Å². The smallest absolute Gasteiger partial charge is 0.242 e. The van der Waals surface area contributed by atoms with Gasteiger partial charge in [0, 0.05) is 5.39 Å². The SMILES string of the molecule is COc1ccc(C)cc1NC(=O)C(Sc1ncnc2sccc12)c1ccccc1. The van der Waals surface area contributed by atoms with E-state index < -0.39 is 5.25 Å². The molecule has 2 aromatic carbocycles. The molecule has 0 radical (unpaired) electrons. The Morgan fingerprint density at radius 3 is 2.76 bits per heavy atom. The maximum Gasteiger partial charge on any atom is 0.242 e. The Hall–Kier alpha value is -2.90. The molecule has 0 bridgehead atoms. The zero-order valence-corrected chi connectivity index (χ0v) is 17.6. The third kappa shape index (κ3) is 4.26. The van der Waals surface area contributed by atoms with E-state index >= 15 is 0 Å². The number of benzene rings is 2. The zero-order valence-electron chi connectivity index (χ0n) is 16.0. The molecule has 0 fully saturated rings. The number of nitrogens with zero attached hydrogens (tertiary/aromatic N) is 2. The van der Waals surface area contributed by atoms with E-state index in [0.29, 0.717) is 11.4 Å². The van der Waals surface area contributed by atoms with E-state index in [4.69, 9.17) is 4.74 Å². The molecule has 0 aliphatic rings. The number of carbonyl (C=O) groups excluding carboxylic acids is 1. The molecule has 0 aliphatic heterocycles. The average Bonchev–Trinajstić information content (AvgIpc) is 3.22. The van der Waals surface area contributed by atoms with Gasteiger partial charge >= 0.3 is 0 Å². The minimum Gasteiger partial charge on any atom is -0.495 e. The highest BCUT2D eigenvalue weighted by Gasteiger charge is 2.25. The number of fused-ring (bicyclic) bond motifs is 1. The summed E-state index contributed by atoms with van der Waals surface area (Å²) in [4.78, 5) is 23.0. The van der Waals surface area contributed by atoms with Crippen LogP contribution in [0.3, 0.4) is 0 Å². The van der Waals surface area contributed by atoms with Gasteiger partial charge in [-0.25, -0.2) is 9.97 Å². The molecule has 2 heterocycles. The number of thioether (sulfide) groups is 1. The molecular formula is C22H19N3O2S2. The van der Waals surface area contributed by atoms with Gasteiger partial charge in [-0.3, -0.25) is 4.79 Å². The molecule has 4 aromatic rings. The van der Waals surface area contributed by atoms with Crippen LogP contribution in [0.5, 0.6) is 5.75 Å². The van der Waals surface area contributed by atoms with Crippen molar-refractivity contribution in [3.8, 4) is 5.75 Å². The number of hydrogen-bond donors (Lipinski definition) is 1. The van der Waals surface area contributed by atoms with Crippen LogP contribution in [-0.2, 0) is 4.79 Å². The van der Waals surface area contributed by atoms with Gasteiger partial charge in [-0.15, -0.1) is 11.3 Å². The van der Waals surface area contributed by atoms with Crippen molar-refractivity contribution in [2.75, 3.05) is 12.4 Å². The van der Waals surface area contributed by atoms with Crippen LogP contribution in [-0.4, -0.2) is 23.0 Å². The summed E-state index contributed by atoms with van der Waals surface area (Å²) in [5, 5.41) is 6.30. The van der Waals surface area contributed by atoms with Crippen LogP contribution in [0.1, 0.15) is 16.4 Å². The number of nitrogens with one attached hydrogen (secondary N) is 1. The molecule has 4 rings (SSSR count). The van der Waals surface area contributed by atoms with Crippen molar-refractivity contribution in [1.29, 1.82) is 0 Å². The number of aryl methyl sites for hydroxylation is 1. The summed E-state index contributed by atoms with van der Waals surface area (Å²) in [6.45, 7) is 1.98. The predicted molar refractivity (Wildman–Crippen MR) is 119 cm³/mol. The number of carbonyl (C=O) groups is 1. The van der Waals surface area contributed by atoms with Crippen LogP contribution in [0.2, 0.25) is 0 Å². The first-order valence-electron chi connectivity index (χ1n) is 9.01. The van der Waals surface area contributed by atoms with Crippen LogP contribution in [0, 0.1) is 6.92 Å². The molecule has 2 aromatic heterocycles. The van der Waals surface area contributed by atoms with Crippen molar-refractivity contribution in [2.45, 2.75) is 17.2 Å². The van der Waals surface area contributed by atoms with Crippen molar-refractivity contribution in [2.24, 2.45) is 0 Å². The number of rotatable bonds is 6. The van der Waals surface area contributed by atoms with E-state index in [2.05, 4.69) is 15.3 Å². The summed E-state index contributed by atoms with van der Waals surface area (Å²) in [6.07, 6.45) is 1.55. The fraction of sp³-hybridized carbons (Fsp3) is 0.136. The normalized spacial score (nSPS) is 11.9. The molecule has 0 saturated heterocycles. The first-order valence-corrected chi connectivity index (χ1v) is 10.8. The first-order chi connectivity index (χ1) is 14.2. The summed E-state index contributed by atoms with van der Waals surface area (Å²) < 4.78 is 5.41. The monoisotopic (exact) mass is 421 g/mol. The van der Waals surface area contributed by atoms with Gasteiger partial charge in [0.05, 0.1) is 12.8 Å². The third-order valence-electron chi connectivity index (χ3n) is 4.41. The predicted octanol–water partition coefficient (Wildman–Crippen LogP) is 5.48. The van der Waals surface area contributed by atoms with E-state index in [9.17, 15) is 4.79 Å². The van der Waals surface area contributed by atoms with Crippen LogP contribution < -0.4 is 10.1 Å². The van der Waals surface area contributed by atoms with Crippen molar-refractivity contribution >= 4 is 44.9 Å². The number of amides is 1. The lowest BCUT2D eigenvalue weighted by atomic mass is 10.1. The standard InChI is InChI=1S/C22H19N3O2S2/c1-14-8-9-18(27-2)17(12-14)25-20(26)19(15-6-4-3-5-7-15)29-22-16-10-11-28-21(16)23-13-24-22/h3-13,19H,1-2H3,(H,25,26). The zero-order chi connectivity index (χ0) is 20.2. The molecule has 146 valence electrons. The lowest BCUT2D eigenvalue weighted by molar-refractivity contribution is -0.115. The average molecular weight is 422 g/mol. The minimum atomic E-state index is -0.473. The van der Waals surface area contributed by atoms with E-state index in [1.165, 1.54) is 11.8 Å². The molecule has 5 nitrogen and oxygen atoms in total. The summed E-state index contributed by atoms with van der Waals surface area (Å²) >= 11 is 2.98. The van der Waals surface area contributed by atoms with Gasteiger partial charge in [-0.1, -0.05) is 48.2 Å². The highest BCUT2D eigenvalue weighted by atomic mass is 32.2. The van der Waals surface area contributed by atoms with E-state index in [1.807, 2.05) is 66.9 Å². The second kappa shape index (κ2) is 8.63. The summed E-state index contributed by atoms with van der Waals surface area (Å²) in [5.74, 6) is 0.495. The quantitative estimate of drug-likeness (QED) is 0.330. The number of hydrogen-bond acceptors (Lipinski definition) is 6. The van der Waals surface area contributed by atoms with Crippen molar-refractivity contribution in [3.63, 3.8) is 0 Å². The molecule has 29 heavy (non-hydrogen) atoms. The van der Waals surface area contributed by atoms with Gasteiger partial charge in [0.25, 0.3) is 0 Å². The second-order valence-corrected chi connectivity index (χ2v) is 8.41. The van der Waals surface area contributed by atoms with Crippen LogP contribution >= 0.6 is 23.1 Å². The van der Waals surface area contributed by atoms with Gasteiger partial charge < -0.3 is 10.1 Å². The van der Waals surface area contributed by atoms with E-state index in [-0.39, 0.29) is 5.91 Å². The van der Waals surface area contributed by atoms with Crippen molar-refractivity contribution in [1.82, 2.24) is 9.97 Å². The highest BCUT2D eigenvalue weighted by Crippen LogP contribution is 2.39. The van der Waals surface area contributed by atoms with Crippen LogP contribution in [0.15, 0.2) is 71.3 Å². The Morgan fingerprint density at radius 1 is 1.14 bits per heavy atom. The van der Waals surface area contributed by atoms with Gasteiger partial charge in [-0.05, 0) is 41.6 Å². The fourth-order valence-electron chi connectivity index (χ4n) is 2.99. The van der Waals surface area contributed by atoms with Crippen LogP contribution in [0.4, 0.5) is 5.69 Å². The lowest BCUT2D eigenvalue weighted by Gasteiger charge is -2.18. The second-order valence-electron chi connectivity index (χ2n) is 6.42. The molecular weight excluding hydrogens is 402 g/mol. The molecule has 0 spiro atoms. The Labute approximate surface area is 177 Å². The number of thiophene rings is 1. The Kier molecular flexibility index (Phi) is 5.78. The van der Waals surface area contributed by atoms with Crippen molar-refractivity contribution in [3.05, 3.63) is 77.4 Å². The largest absolute Gasteiger partial charge is 0.495 e. The topological polar surface area (TPSA) is 64.1 Å². The number of methoxy groups -OCH3 is 1. The molecule has 0 aliphatic carbocycles. The Bertz CT molecular complexity index is 1150. The minimum absolute atomic E-state index is 0.132. The van der Waals surface area contributed by atoms with Crippen LogP contribution in [0.25, 0.3) is 10.2 Å². The molecule has 1 amide bonds. The summed E-state index contributed by atoms with van der Waals surface area (Å²) in [6, 6.07) is 17.4. The number of ether oxygens (including phenoxy) is 1. The molecule has 1 atom stereocenters. The number of anilines is 1. The summed E-state index contributed by atoms with van der Waals surface area (Å²) in [5.41, 5.74) is 2.60. The number of aromatic nitrogens is 2. The summed E-state index contributed by atoms with van der Waals surface area (Å²) in [7, 11) is 1.60. The lowest BCUT2D eigenvalue weighted by Crippen LogP contribution is -2.19. The van der Waals surface area contributed by atoms with Gasteiger partial charge in [0.15, 0.2) is 0 Å². The Morgan fingerprint density at radius 2 is 1.97 bits per heavy atom. The van der Waals surface area contributed by atoms with Crippen molar-refractivity contribution < 1.29 is 9.53 Å². The van der Waals surface area contributed by atoms with E-state index in [1.54, 1.807) is 24.8 Å². The molecule has 7 heteroatoms. The van der Waals surface area contributed by atoms with E-state index in [0.717, 1.165) is 26.4 Å². The molecule has 0 saturated carbocycles. The maximum absolute atomic E-state index is 13.3.